The van der Waals surface area contributed by atoms with Crippen LogP contribution in [0.25, 0.3) is 10.9 Å². The van der Waals surface area contributed by atoms with Crippen molar-refractivity contribution in [3.8, 4) is 0 Å². The van der Waals surface area contributed by atoms with Crippen LogP contribution in [-0.4, -0.2) is 42.7 Å². The van der Waals surface area contributed by atoms with Crippen molar-refractivity contribution in [1.82, 2.24) is 9.47 Å². The van der Waals surface area contributed by atoms with Crippen LogP contribution < -0.4 is 15.8 Å². The monoisotopic (exact) mass is 472 g/mol. The van der Waals surface area contributed by atoms with Crippen LogP contribution in [0.1, 0.15) is 11.1 Å². The molecule has 0 bridgehead atoms. The number of halogens is 1. The zero-order valence-electron chi connectivity index (χ0n) is 19.6. The molecule has 1 fully saturated rings. The van der Waals surface area contributed by atoms with E-state index in [1.165, 1.54) is 5.69 Å². The summed E-state index contributed by atoms with van der Waals surface area (Å²) in [4.78, 5) is 17.6. The van der Waals surface area contributed by atoms with Gasteiger partial charge in [0.15, 0.2) is 0 Å². The number of pyridine rings is 1. The number of nitrogens with zero attached hydrogens (tertiary/aromatic N) is 3. The number of aromatic nitrogens is 1. The van der Waals surface area contributed by atoms with Crippen molar-refractivity contribution >= 4 is 39.6 Å². The van der Waals surface area contributed by atoms with E-state index in [1.54, 1.807) is 10.6 Å². The number of fused-ring (bicyclic) bond motifs is 1. The van der Waals surface area contributed by atoms with E-state index in [9.17, 15) is 4.79 Å². The SMILES string of the molecule is Cc1cccc(Cl)c1Cn1c(=O)ccc2ccc(Nc3ccc(N4CCN(C)CC4)cc3)cc21. The topological polar surface area (TPSA) is 40.5 Å². The first-order valence-corrected chi connectivity index (χ1v) is 12.0. The van der Waals surface area contributed by atoms with Crippen molar-refractivity contribution in [2.45, 2.75) is 13.5 Å². The van der Waals surface area contributed by atoms with Gasteiger partial charge in [-0.05, 0) is 79.0 Å². The Morgan fingerprint density at radius 3 is 2.32 bits per heavy atom. The van der Waals surface area contributed by atoms with Crippen molar-refractivity contribution in [3.05, 3.63) is 99.3 Å². The summed E-state index contributed by atoms with van der Waals surface area (Å²) in [5, 5.41) is 5.19. The maximum atomic E-state index is 12.8. The summed E-state index contributed by atoms with van der Waals surface area (Å²) in [6.07, 6.45) is 0. The molecule has 6 heteroatoms. The summed E-state index contributed by atoms with van der Waals surface area (Å²) >= 11 is 6.46. The van der Waals surface area contributed by atoms with Gasteiger partial charge in [-0.1, -0.05) is 29.8 Å². The van der Waals surface area contributed by atoms with Crippen molar-refractivity contribution in [2.24, 2.45) is 0 Å². The fourth-order valence-electron chi connectivity index (χ4n) is 4.54. The van der Waals surface area contributed by atoms with Crippen LogP contribution in [0.3, 0.4) is 0 Å². The standard InChI is InChI=1S/C28H29ClN4O/c1-20-4-3-5-26(29)25(20)19-33-27-18-23(8-6-21(27)7-13-28(33)34)30-22-9-11-24(12-10-22)32-16-14-31(2)15-17-32/h3-13,18,30H,14-17,19H2,1-2H3. The molecule has 1 aliphatic rings. The highest BCUT2D eigenvalue weighted by molar-refractivity contribution is 6.31. The Hall–Kier alpha value is -3.28. The van der Waals surface area contributed by atoms with E-state index < -0.39 is 0 Å². The molecule has 0 amide bonds. The van der Waals surface area contributed by atoms with E-state index in [0.29, 0.717) is 11.6 Å². The summed E-state index contributed by atoms with van der Waals surface area (Å²) in [7, 11) is 2.17. The summed E-state index contributed by atoms with van der Waals surface area (Å²) in [6.45, 7) is 6.74. The molecule has 0 radical (unpaired) electrons. The number of anilines is 3. The van der Waals surface area contributed by atoms with E-state index in [1.807, 2.05) is 49.4 Å². The van der Waals surface area contributed by atoms with Gasteiger partial charge in [-0.3, -0.25) is 4.79 Å². The van der Waals surface area contributed by atoms with Crippen LogP contribution in [0.4, 0.5) is 17.1 Å². The third kappa shape index (κ3) is 4.67. The number of benzene rings is 3. The Bertz CT molecular complexity index is 1350. The molecule has 4 aromatic rings. The minimum Gasteiger partial charge on any atom is -0.369 e. The molecule has 1 saturated heterocycles. The van der Waals surface area contributed by atoms with Gasteiger partial charge >= 0.3 is 0 Å². The molecule has 1 N–H and O–H groups in total. The van der Waals surface area contributed by atoms with E-state index in [2.05, 4.69) is 46.4 Å². The van der Waals surface area contributed by atoms with Crippen molar-refractivity contribution < 1.29 is 0 Å². The van der Waals surface area contributed by atoms with Crippen LogP contribution in [-0.2, 0) is 6.54 Å². The second-order valence-corrected chi connectivity index (χ2v) is 9.44. The third-order valence-corrected chi connectivity index (χ3v) is 7.04. The van der Waals surface area contributed by atoms with Crippen molar-refractivity contribution in [1.29, 1.82) is 0 Å². The maximum Gasteiger partial charge on any atom is 0.251 e. The fraction of sp³-hybridized carbons (Fsp3) is 0.250. The third-order valence-electron chi connectivity index (χ3n) is 6.69. The van der Waals surface area contributed by atoms with Gasteiger partial charge in [-0.25, -0.2) is 0 Å². The normalized spacial score (nSPS) is 14.5. The molecule has 1 aliphatic heterocycles. The molecule has 0 unspecified atom stereocenters. The predicted octanol–water partition coefficient (Wildman–Crippen LogP) is 5.51. The summed E-state index contributed by atoms with van der Waals surface area (Å²) in [5.74, 6) is 0. The smallest absolute Gasteiger partial charge is 0.251 e. The van der Waals surface area contributed by atoms with Gasteiger partial charge in [-0.2, -0.15) is 0 Å². The van der Waals surface area contributed by atoms with Crippen LogP contribution in [0, 0.1) is 6.92 Å². The van der Waals surface area contributed by atoms with Gasteiger partial charge < -0.3 is 19.7 Å². The van der Waals surface area contributed by atoms with Crippen LogP contribution in [0.5, 0.6) is 0 Å². The minimum atomic E-state index is -0.0412. The first-order chi connectivity index (χ1) is 16.5. The van der Waals surface area contributed by atoms with Crippen LogP contribution in [0.2, 0.25) is 5.02 Å². The molecule has 5 rings (SSSR count). The average molecular weight is 473 g/mol. The summed E-state index contributed by atoms with van der Waals surface area (Å²) in [6, 6.07) is 24.0. The Morgan fingerprint density at radius 1 is 0.882 bits per heavy atom. The number of nitrogens with one attached hydrogen (secondary N) is 1. The highest BCUT2D eigenvalue weighted by atomic mass is 35.5. The molecular formula is C28H29ClN4O. The largest absolute Gasteiger partial charge is 0.369 e. The number of rotatable bonds is 5. The lowest BCUT2D eigenvalue weighted by Gasteiger charge is -2.34. The van der Waals surface area contributed by atoms with Gasteiger partial charge in [0.25, 0.3) is 5.56 Å². The Morgan fingerprint density at radius 2 is 1.59 bits per heavy atom. The number of piperazine rings is 1. The second kappa shape index (κ2) is 9.53. The van der Waals surface area contributed by atoms with Gasteiger partial charge in [0.2, 0.25) is 0 Å². The highest BCUT2D eigenvalue weighted by Crippen LogP contribution is 2.26. The Labute approximate surface area is 205 Å². The lowest BCUT2D eigenvalue weighted by molar-refractivity contribution is 0.313. The lowest BCUT2D eigenvalue weighted by Crippen LogP contribution is -2.44. The van der Waals surface area contributed by atoms with Crippen molar-refractivity contribution in [2.75, 3.05) is 43.4 Å². The van der Waals surface area contributed by atoms with E-state index in [4.69, 9.17) is 11.6 Å². The predicted molar refractivity (Wildman–Crippen MR) is 143 cm³/mol. The van der Waals surface area contributed by atoms with E-state index in [0.717, 1.165) is 59.6 Å². The highest BCUT2D eigenvalue weighted by Gasteiger charge is 2.14. The van der Waals surface area contributed by atoms with Crippen molar-refractivity contribution in [3.63, 3.8) is 0 Å². The molecular weight excluding hydrogens is 444 g/mol. The Balaban J connectivity index is 1.41. The number of aryl methyl sites for hydroxylation is 1. The molecule has 0 saturated carbocycles. The summed E-state index contributed by atoms with van der Waals surface area (Å²) < 4.78 is 1.80. The molecule has 0 aliphatic carbocycles. The fourth-order valence-corrected chi connectivity index (χ4v) is 4.82. The first kappa shape index (κ1) is 22.5. The first-order valence-electron chi connectivity index (χ1n) is 11.7. The van der Waals surface area contributed by atoms with Gasteiger partial charge in [0.05, 0.1) is 12.1 Å². The summed E-state index contributed by atoms with van der Waals surface area (Å²) in [5.41, 5.74) is 6.09. The average Bonchev–Trinajstić information content (AvgIpc) is 2.84. The molecule has 3 aromatic carbocycles. The molecule has 0 atom stereocenters. The van der Waals surface area contributed by atoms with Gasteiger partial charge in [0.1, 0.15) is 0 Å². The minimum absolute atomic E-state index is 0.0412. The van der Waals surface area contributed by atoms with E-state index in [-0.39, 0.29) is 5.56 Å². The zero-order valence-corrected chi connectivity index (χ0v) is 20.3. The number of likely N-dealkylation sites (N-methyl/N-ethyl adjacent to an activating group) is 1. The zero-order chi connectivity index (χ0) is 23.7. The molecule has 5 nitrogen and oxygen atoms in total. The quantitative estimate of drug-likeness (QED) is 0.416. The number of hydrogen-bond acceptors (Lipinski definition) is 4. The Kier molecular flexibility index (Phi) is 6.31. The molecule has 2 heterocycles. The maximum absolute atomic E-state index is 12.8. The molecule has 0 spiro atoms. The number of hydrogen-bond donors (Lipinski definition) is 1. The lowest BCUT2D eigenvalue weighted by atomic mass is 10.1. The van der Waals surface area contributed by atoms with Crippen LogP contribution in [0.15, 0.2) is 77.6 Å². The van der Waals surface area contributed by atoms with Crippen LogP contribution >= 0.6 is 11.6 Å². The van der Waals surface area contributed by atoms with Gasteiger partial charge in [0, 0.05) is 54.3 Å². The second-order valence-electron chi connectivity index (χ2n) is 9.03. The van der Waals surface area contributed by atoms with Gasteiger partial charge in [-0.15, -0.1) is 0 Å². The molecule has 1 aromatic heterocycles. The molecule has 174 valence electrons. The molecule has 34 heavy (non-hydrogen) atoms. The van der Waals surface area contributed by atoms with E-state index >= 15 is 0 Å².